The van der Waals surface area contributed by atoms with Gasteiger partial charge in [0.1, 0.15) is 11.5 Å². The molecule has 0 unspecified atom stereocenters. The smallest absolute Gasteiger partial charge is 0.457 e. The molecule has 3 aromatic rings. The summed E-state index contributed by atoms with van der Waals surface area (Å²) in [7, 11) is 0. The van der Waals surface area contributed by atoms with Crippen LogP contribution in [0.5, 0.6) is 11.5 Å². The van der Waals surface area contributed by atoms with Crippen molar-refractivity contribution >= 4 is 23.2 Å². The monoisotopic (exact) mass is 400 g/mol. The maximum Gasteiger partial charge on any atom is 0.471 e. The van der Waals surface area contributed by atoms with Crippen LogP contribution in [0, 0.1) is 0 Å². The van der Waals surface area contributed by atoms with Crippen LogP contribution in [0.25, 0.3) is 0 Å². The Kier molecular flexibility index (Phi) is 5.82. The summed E-state index contributed by atoms with van der Waals surface area (Å²) in [5.74, 6) is -1.25. The molecule has 0 aliphatic rings. The quantitative estimate of drug-likeness (QED) is 0.616. The molecular formula is C21H15F3N2O3. The second-order valence-corrected chi connectivity index (χ2v) is 5.92. The van der Waals surface area contributed by atoms with Crippen LogP contribution in [-0.4, -0.2) is 18.0 Å². The molecule has 0 spiro atoms. The van der Waals surface area contributed by atoms with E-state index >= 15 is 0 Å². The third-order valence-corrected chi connectivity index (χ3v) is 3.75. The van der Waals surface area contributed by atoms with Crippen LogP contribution in [0.15, 0.2) is 78.9 Å². The van der Waals surface area contributed by atoms with Gasteiger partial charge in [0.2, 0.25) is 0 Å². The van der Waals surface area contributed by atoms with Crippen LogP contribution in [0.1, 0.15) is 10.4 Å². The molecule has 29 heavy (non-hydrogen) atoms. The van der Waals surface area contributed by atoms with Gasteiger partial charge in [-0.3, -0.25) is 9.59 Å². The van der Waals surface area contributed by atoms with Gasteiger partial charge in [0.05, 0.1) is 0 Å². The Morgan fingerprint density at radius 2 is 1.21 bits per heavy atom. The van der Waals surface area contributed by atoms with E-state index in [2.05, 4.69) is 5.32 Å². The number of carbonyl (C=O) groups is 2. The lowest BCUT2D eigenvalue weighted by molar-refractivity contribution is -0.167. The van der Waals surface area contributed by atoms with Gasteiger partial charge in [-0.2, -0.15) is 13.2 Å². The molecule has 0 atom stereocenters. The molecule has 0 bridgehead atoms. The Bertz CT molecular complexity index is 986. The second-order valence-electron chi connectivity index (χ2n) is 5.92. The number of nitrogens with one attached hydrogen (secondary N) is 2. The zero-order valence-electron chi connectivity index (χ0n) is 14.9. The van der Waals surface area contributed by atoms with Crippen LogP contribution in [0.3, 0.4) is 0 Å². The van der Waals surface area contributed by atoms with E-state index in [0.717, 1.165) is 0 Å². The van der Waals surface area contributed by atoms with Crippen molar-refractivity contribution in [2.45, 2.75) is 6.18 Å². The molecule has 3 aromatic carbocycles. The third-order valence-electron chi connectivity index (χ3n) is 3.75. The highest BCUT2D eigenvalue weighted by molar-refractivity contribution is 6.04. The number of hydrogen-bond acceptors (Lipinski definition) is 3. The Labute approximate surface area is 164 Å². The molecule has 3 rings (SSSR count). The average Bonchev–Trinajstić information content (AvgIpc) is 2.70. The number of amides is 2. The topological polar surface area (TPSA) is 67.4 Å². The second kappa shape index (κ2) is 8.47. The number of rotatable bonds is 5. The van der Waals surface area contributed by atoms with E-state index in [1.807, 2.05) is 30.3 Å². The number of benzene rings is 3. The standard InChI is InChI=1S/C21H15F3N2O3/c22-21(23,24)20(28)26-16-8-6-14(7-9-16)19(27)25-15-10-12-18(13-11-15)29-17-4-2-1-3-5-17/h1-13H,(H,25,27)(H,26,28). The summed E-state index contributed by atoms with van der Waals surface area (Å²) in [6.07, 6.45) is -4.98. The molecule has 0 saturated carbocycles. The molecule has 148 valence electrons. The largest absolute Gasteiger partial charge is 0.471 e. The minimum atomic E-state index is -4.98. The van der Waals surface area contributed by atoms with Crippen LogP contribution in [0.2, 0.25) is 0 Å². The van der Waals surface area contributed by atoms with Crippen LogP contribution >= 0.6 is 0 Å². The Hall–Kier alpha value is -3.81. The molecule has 8 heteroatoms. The fraction of sp³-hybridized carbons (Fsp3) is 0.0476. The normalized spacial score (nSPS) is 10.9. The van der Waals surface area contributed by atoms with Gasteiger partial charge in [-0.15, -0.1) is 0 Å². The third kappa shape index (κ3) is 5.58. The van der Waals surface area contributed by atoms with E-state index in [4.69, 9.17) is 4.74 Å². The first-order valence-electron chi connectivity index (χ1n) is 8.44. The van der Waals surface area contributed by atoms with Crippen molar-refractivity contribution in [3.05, 3.63) is 84.4 Å². The van der Waals surface area contributed by atoms with Gasteiger partial charge >= 0.3 is 12.1 Å². The highest BCUT2D eigenvalue weighted by Gasteiger charge is 2.38. The molecule has 0 aromatic heterocycles. The van der Waals surface area contributed by atoms with Crippen molar-refractivity contribution in [3.8, 4) is 11.5 Å². The lowest BCUT2D eigenvalue weighted by Crippen LogP contribution is -2.29. The predicted molar refractivity (Wildman–Crippen MR) is 102 cm³/mol. The van der Waals surface area contributed by atoms with Crippen LogP contribution in [0.4, 0.5) is 24.5 Å². The molecule has 2 N–H and O–H groups in total. The van der Waals surface area contributed by atoms with E-state index in [9.17, 15) is 22.8 Å². The molecule has 0 fully saturated rings. The number of carbonyl (C=O) groups excluding carboxylic acids is 2. The number of ether oxygens (including phenoxy) is 1. The number of alkyl halides is 3. The number of anilines is 2. The molecular weight excluding hydrogens is 385 g/mol. The first kappa shape index (κ1) is 19.9. The fourth-order valence-corrected chi connectivity index (χ4v) is 2.34. The van der Waals surface area contributed by atoms with E-state index < -0.39 is 18.0 Å². The number of para-hydroxylation sites is 1. The lowest BCUT2D eigenvalue weighted by Gasteiger charge is -2.10. The van der Waals surface area contributed by atoms with Gasteiger partial charge in [0, 0.05) is 16.9 Å². The average molecular weight is 400 g/mol. The predicted octanol–water partition coefficient (Wildman–Crippen LogP) is 5.23. The summed E-state index contributed by atoms with van der Waals surface area (Å²) in [6.45, 7) is 0. The van der Waals surface area contributed by atoms with Gasteiger partial charge in [0.25, 0.3) is 5.91 Å². The minimum Gasteiger partial charge on any atom is -0.457 e. The first-order chi connectivity index (χ1) is 13.8. The summed E-state index contributed by atoms with van der Waals surface area (Å²) in [5.41, 5.74) is 0.677. The fourth-order valence-electron chi connectivity index (χ4n) is 2.34. The van der Waals surface area contributed by atoms with Crippen molar-refractivity contribution in [3.63, 3.8) is 0 Å². The molecule has 0 heterocycles. The molecule has 0 saturated heterocycles. The SMILES string of the molecule is O=C(Nc1ccc(Oc2ccccc2)cc1)c1ccc(NC(=O)C(F)(F)F)cc1. The van der Waals surface area contributed by atoms with Crippen LogP contribution in [-0.2, 0) is 4.79 Å². The van der Waals surface area contributed by atoms with Gasteiger partial charge in [-0.05, 0) is 60.7 Å². The summed E-state index contributed by atoms with van der Waals surface area (Å²) in [4.78, 5) is 23.2. The lowest BCUT2D eigenvalue weighted by atomic mass is 10.2. The van der Waals surface area contributed by atoms with Crippen molar-refractivity contribution < 1.29 is 27.5 Å². The first-order valence-corrected chi connectivity index (χ1v) is 8.44. The van der Waals surface area contributed by atoms with Gasteiger partial charge in [-0.25, -0.2) is 0 Å². The highest BCUT2D eigenvalue weighted by atomic mass is 19.4. The van der Waals surface area contributed by atoms with E-state index in [1.165, 1.54) is 24.3 Å². The van der Waals surface area contributed by atoms with Crippen molar-refractivity contribution in [2.75, 3.05) is 10.6 Å². The molecule has 2 amide bonds. The Morgan fingerprint density at radius 3 is 1.79 bits per heavy atom. The van der Waals surface area contributed by atoms with Gasteiger partial charge < -0.3 is 15.4 Å². The Balaban J connectivity index is 1.59. The molecule has 0 aliphatic carbocycles. The maximum atomic E-state index is 12.3. The summed E-state index contributed by atoms with van der Waals surface area (Å²) >= 11 is 0. The van der Waals surface area contributed by atoms with Crippen LogP contribution < -0.4 is 15.4 Å². The zero-order chi connectivity index (χ0) is 20.9. The minimum absolute atomic E-state index is 0.0636. The van der Waals surface area contributed by atoms with Gasteiger partial charge in [0.15, 0.2) is 0 Å². The summed E-state index contributed by atoms with van der Waals surface area (Å²) < 4.78 is 42.4. The Morgan fingerprint density at radius 1 is 0.690 bits per heavy atom. The molecule has 5 nitrogen and oxygen atoms in total. The van der Waals surface area contributed by atoms with Gasteiger partial charge in [-0.1, -0.05) is 18.2 Å². The number of halogens is 3. The highest BCUT2D eigenvalue weighted by Crippen LogP contribution is 2.23. The molecule has 0 radical (unpaired) electrons. The van der Waals surface area contributed by atoms with E-state index in [1.54, 1.807) is 29.6 Å². The zero-order valence-corrected chi connectivity index (χ0v) is 14.9. The van der Waals surface area contributed by atoms with Crippen molar-refractivity contribution in [1.82, 2.24) is 0 Å². The van der Waals surface area contributed by atoms with E-state index in [-0.39, 0.29) is 11.3 Å². The van der Waals surface area contributed by atoms with Crippen molar-refractivity contribution in [1.29, 1.82) is 0 Å². The van der Waals surface area contributed by atoms with E-state index in [0.29, 0.717) is 17.2 Å². The summed E-state index contributed by atoms with van der Waals surface area (Å²) in [6, 6.07) is 21.0. The van der Waals surface area contributed by atoms with Crippen molar-refractivity contribution in [2.24, 2.45) is 0 Å². The molecule has 0 aliphatic heterocycles. The number of hydrogen-bond donors (Lipinski definition) is 2. The summed E-state index contributed by atoms with van der Waals surface area (Å²) in [5, 5.41) is 4.39. The maximum absolute atomic E-state index is 12.3.